The highest BCUT2D eigenvalue weighted by Gasteiger charge is 2.65. The number of aliphatic hydroxyl groups excluding tert-OH is 3. The number of benzene rings is 2. The molecule has 1 saturated carbocycles. The molecular weight excluding hydrogens is 793 g/mol. The van der Waals surface area contributed by atoms with Crippen LogP contribution >= 0.6 is 0 Å². The number of oxime groups is 1. The molecule has 3 N–H and O–H groups in total. The average Bonchev–Trinajstić information content (AvgIpc) is 4.14. The van der Waals surface area contributed by atoms with Crippen molar-refractivity contribution < 1.29 is 48.6 Å². The third kappa shape index (κ3) is 10.7. The van der Waals surface area contributed by atoms with Crippen LogP contribution in [0.4, 0.5) is 0 Å². The van der Waals surface area contributed by atoms with Crippen LogP contribution in [-0.2, 0) is 19.0 Å². The van der Waals surface area contributed by atoms with Crippen LogP contribution in [-0.4, -0.2) is 134 Å². The molecule has 2 saturated heterocycles. The molecule has 2 aromatic rings. The maximum Gasteiger partial charge on any atom is 0.254 e. The predicted molar refractivity (Wildman–Crippen MR) is 232 cm³/mol. The summed E-state index contributed by atoms with van der Waals surface area (Å²) in [5, 5.41) is 44.0. The third-order valence-electron chi connectivity index (χ3n) is 12.9. The quantitative estimate of drug-likeness (QED) is 0.0520. The highest BCUT2D eigenvalue weighted by atomic mass is 16.8. The van der Waals surface area contributed by atoms with E-state index in [1.165, 1.54) is 0 Å². The lowest BCUT2D eigenvalue weighted by atomic mass is 9.55. The maximum atomic E-state index is 15.1. The number of amides is 1. The van der Waals surface area contributed by atoms with Gasteiger partial charge in [0.25, 0.3) is 5.91 Å². The van der Waals surface area contributed by atoms with Crippen molar-refractivity contribution in [3.05, 3.63) is 83.5 Å². The molecule has 0 radical (unpaired) electrons. The van der Waals surface area contributed by atoms with Crippen molar-refractivity contribution >= 4 is 11.6 Å². The minimum Gasteiger partial charge on any atom is -0.492 e. The molecule has 0 spiro atoms. The van der Waals surface area contributed by atoms with Gasteiger partial charge in [0.2, 0.25) is 12.1 Å². The number of ether oxygens (including phenoxy) is 5. The minimum absolute atomic E-state index is 0.0503. The summed E-state index contributed by atoms with van der Waals surface area (Å²) in [5.41, 5.74) is 3.39. The van der Waals surface area contributed by atoms with Crippen LogP contribution in [0.1, 0.15) is 91.6 Å². The summed E-state index contributed by atoms with van der Waals surface area (Å²) in [6.45, 7) is 8.68. The van der Waals surface area contributed by atoms with E-state index in [2.05, 4.69) is 29.7 Å². The largest absolute Gasteiger partial charge is 0.492 e. The topological polar surface area (TPSA) is 176 Å². The fraction of sp³-hybridized carbons (Fsp3) is 0.604. The van der Waals surface area contributed by atoms with E-state index in [-0.39, 0.29) is 76.3 Å². The number of unbranched alkanes of at least 4 members (excludes halogenated alkanes) is 2. The molecule has 2 aromatic carbocycles. The van der Waals surface area contributed by atoms with Crippen molar-refractivity contribution in [2.45, 2.75) is 88.2 Å². The van der Waals surface area contributed by atoms with Crippen LogP contribution in [0.3, 0.4) is 0 Å². The Morgan fingerprint density at radius 2 is 1.82 bits per heavy atom. The van der Waals surface area contributed by atoms with Crippen LogP contribution < -0.4 is 9.47 Å². The van der Waals surface area contributed by atoms with Crippen molar-refractivity contribution in [2.24, 2.45) is 22.9 Å². The average molecular weight is 857 g/mol. The van der Waals surface area contributed by atoms with E-state index in [1.807, 2.05) is 12.1 Å². The SMILES string of the molecule is C=CCO[C@@]12Oc3ccc(OCCN4CC4)cc3[C@H]3[C@H](CCCCO)[C@@H](CCCCO)C=C(C(=NOC4CCCCO4)C[C@@H]1N(CCOCCO)C(=O)c1ccc(C#N)cc1)[C@H]32. The first-order valence-corrected chi connectivity index (χ1v) is 22.6. The van der Waals surface area contributed by atoms with Crippen molar-refractivity contribution in [2.75, 3.05) is 79.0 Å². The molecule has 14 nitrogen and oxygen atoms in total. The molecule has 7 rings (SSSR count). The molecule has 3 fully saturated rings. The Morgan fingerprint density at radius 1 is 1.02 bits per heavy atom. The first kappa shape index (κ1) is 45.7. The van der Waals surface area contributed by atoms with E-state index in [1.54, 1.807) is 35.2 Å². The Hall–Kier alpha value is -4.33. The highest BCUT2D eigenvalue weighted by molar-refractivity contribution is 6.03. The van der Waals surface area contributed by atoms with Gasteiger partial charge in [-0.1, -0.05) is 30.1 Å². The van der Waals surface area contributed by atoms with Gasteiger partial charge in [-0.25, -0.2) is 0 Å². The molecule has 7 atom stereocenters. The summed E-state index contributed by atoms with van der Waals surface area (Å²) in [7, 11) is 0. The molecular formula is C48H64N4O10. The summed E-state index contributed by atoms with van der Waals surface area (Å²) in [5.74, 6) is -0.992. The second-order valence-electron chi connectivity index (χ2n) is 16.9. The summed E-state index contributed by atoms with van der Waals surface area (Å²) in [6.07, 6.45) is 10.9. The Kier molecular flexibility index (Phi) is 16.5. The molecule has 2 aliphatic carbocycles. The lowest BCUT2D eigenvalue weighted by Crippen LogP contribution is -2.70. The van der Waals surface area contributed by atoms with Crippen molar-refractivity contribution in [3.63, 3.8) is 0 Å². The van der Waals surface area contributed by atoms with Gasteiger partial charge >= 0.3 is 0 Å². The van der Waals surface area contributed by atoms with Crippen LogP contribution in [0.25, 0.3) is 0 Å². The monoisotopic (exact) mass is 856 g/mol. The number of rotatable bonds is 24. The number of hydrogen-bond acceptors (Lipinski definition) is 13. The van der Waals surface area contributed by atoms with Crippen LogP contribution in [0.5, 0.6) is 11.5 Å². The summed E-state index contributed by atoms with van der Waals surface area (Å²) in [6, 6.07) is 13.9. The predicted octanol–water partition coefficient (Wildman–Crippen LogP) is 5.56. The third-order valence-corrected chi connectivity index (χ3v) is 12.9. The minimum atomic E-state index is -1.47. The number of hydrogen-bond donors (Lipinski definition) is 3. The van der Waals surface area contributed by atoms with Crippen LogP contribution in [0.2, 0.25) is 0 Å². The van der Waals surface area contributed by atoms with Crippen LogP contribution in [0.15, 0.2) is 71.9 Å². The molecule has 3 heterocycles. The molecule has 14 heteroatoms. The van der Waals surface area contributed by atoms with E-state index < -0.39 is 24.0 Å². The molecule has 62 heavy (non-hydrogen) atoms. The van der Waals surface area contributed by atoms with E-state index >= 15 is 4.79 Å². The number of nitriles is 1. The van der Waals surface area contributed by atoms with Gasteiger partial charge in [-0.15, -0.1) is 6.58 Å². The Morgan fingerprint density at radius 3 is 2.53 bits per heavy atom. The molecule has 1 unspecified atom stereocenters. The van der Waals surface area contributed by atoms with E-state index in [0.29, 0.717) is 55.1 Å². The van der Waals surface area contributed by atoms with Gasteiger partial charge in [0.1, 0.15) is 24.1 Å². The number of fused-ring (bicyclic) bond motifs is 2. The first-order chi connectivity index (χ1) is 30.4. The van der Waals surface area contributed by atoms with Crippen molar-refractivity contribution in [3.8, 4) is 17.6 Å². The standard InChI is InChI=1S/C48H64N4O10/c1-2-25-60-48-43(52(21-27-57-29-24-55)47(56)35-14-12-34(33-49)13-15-35)32-41(50-62-44-11-5-8-26-59-44)39-30-36(9-3-6-22-53)38(10-4-7-23-54)45(46(39)48)40-31-37(16-17-42(40)61-48)58-28-20-51-18-19-51/h2,12-17,30-31,36,38,43-46,53-55H,1,3-11,18-29,32H2/t36-,38+,43-,44?,45+,46+,48+/m0/s1. The lowest BCUT2D eigenvalue weighted by Gasteiger charge is -2.60. The first-order valence-electron chi connectivity index (χ1n) is 22.6. The number of carbonyl (C=O) groups is 1. The summed E-state index contributed by atoms with van der Waals surface area (Å²) < 4.78 is 32.7. The number of aliphatic hydroxyl groups is 3. The van der Waals surface area contributed by atoms with Gasteiger partial charge in [-0.3, -0.25) is 9.69 Å². The van der Waals surface area contributed by atoms with E-state index in [9.17, 15) is 20.6 Å². The van der Waals surface area contributed by atoms with E-state index in [4.69, 9.17) is 33.7 Å². The van der Waals surface area contributed by atoms with Crippen molar-refractivity contribution in [1.29, 1.82) is 5.26 Å². The van der Waals surface area contributed by atoms with Gasteiger partial charge in [-0.2, -0.15) is 5.26 Å². The second kappa shape index (κ2) is 22.3. The molecule has 336 valence electrons. The molecule has 3 aliphatic heterocycles. The van der Waals surface area contributed by atoms with Crippen LogP contribution in [0, 0.1) is 29.1 Å². The van der Waals surface area contributed by atoms with Gasteiger partial charge < -0.3 is 48.7 Å². The van der Waals surface area contributed by atoms with Gasteiger partial charge in [-0.05, 0) is 98.4 Å². The Labute approximate surface area is 365 Å². The van der Waals surface area contributed by atoms with Gasteiger partial charge in [0.05, 0.1) is 56.3 Å². The molecule has 1 amide bonds. The Bertz CT molecular complexity index is 1890. The normalized spacial score (nSPS) is 26.9. The van der Waals surface area contributed by atoms with Gasteiger partial charge in [0, 0.05) is 69.3 Å². The summed E-state index contributed by atoms with van der Waals surface area (Å²) >= 11 is 0. The second-order valence-corrected chi connectivity index (χ2v) is 16.9. The highest BCUT2D eigenvalue weighted by Crippen LogP contribution is 2.62. The molecule has 0 bridgehead atoms. The zero-order valence-corrected chi connectivity index (χ0v) is 35.9. The summed E-state index contributed by atoms with van der Waals surface area (Å²) in [4.78, 5) is 25.4. The maximum absolute atomic E-state index is 15.1. The fourth-order valence-electron chi connectivity index (χ4n) is 9.82. The molecule has 0 aromatic heterocycles. The smallest absolute Gasteiger partial charge is 0.254 e. The molecule has 5 aliphatic rings. The number of nitrogens with zero attached hydrogens (tertiary/aromatic N) is 4. The zero-order chi connectivity index (χ0) is 43.3. The lowest BCUT2D eigenvalue weighted by molar-refractivity contribution is -0.255. The zero-order valence-electron chi connectivity index (χ0n) is 35.9. The van der Waals surface area contributed by atoms with Crippen molar-refractivity contribution in [1.82, 2.24) is 9.80 Å². The van der Waals surface area contributed by atoms with Gasteiger partial charge in [0.15, 0.2) is 0 Å². The number of carbonyl (C=O) groups excluding carboxylic acids is 1. The van der Waals surface area contributed by atoms with E-state index in [0.717, 1.165) is 75.0 Å². The Balaban J connectivity index is 1.42. The fourth-order valence-corrected chi connectivity index (χ4v) is 9.82. The number of allylic oxidation sites excluding steroid dienone is 1.